The average Bonchev–Trinajstić information content (AvgIpc) is 3.41. The van der Waals surface area contributed by atoms with E-state index in [1.807, 2.05) is 24.3 Å². The third-order valence-corrected chi connectivity index (χ3v) is 13.3. The van der Waals surface area contributed by atoms with E-state index in [1.165, 1.54) is 65.3 Å². The Morgan fingerprint density at radius 2 is 0.338 bits per heavy atom. The summed E-state index contributed by atoms with van der Waals surface area (Å²) in [4.78, 5) is 20.3. The quantitative estimate of drug-likeness (QED) is 0.165. The molecule has 0 N–H and O–H groups in total. The van der Waals surface area contributed by atoms with Crippen LogP contribution in [0.4, 0.5) is 0 Å². The molecule has 0 saturated carbocycles. The first-order valence-corrected chi connectivity index (χ1v) is 23.1. The molecule has 4 aromatic heterocycles. The predicted molar refractivity (Wildman–Crippen MR) is 286 cm³/mol. The molecule has 14 rings (SSSR count). The number of nitrogens with zero attached hydrogens (tertiary/aromatic N) is 4. The van der Waals surface area contributed by atoms with Crippen LogP contribution in [-0.2, 0) is 0 Å². The summed E-state index contributed by atoms with van der Waals surface area (Å²) in [6.07, 6.45) is 0. The normalized spacial score (nSPS) is 11.5. The number of pyridine rings is 4. The second-order valence-electron chi connectivity index (χ2n) is 17.2. The molecule has 14 aromatic rings. The van der Waals surface area contributed by atoms with Crippen LogP contribution in [0.15, 0.2) is 243 Å². The van der Waals surface area contributed by atoms with Crippen molar-refractivity contribution in [3.8, 4) is 45.0 Å². The van der Waals surface area contributed by atoms with Crippen molar-refractivity contribution in [1.82, 2.24) is 19.9 Å². The van der Waals surface area contributed by atoms with Gasteiger partial charge in [0.15, 0.2) is 0 Å². The number of aromatic nitrogens is 4. The Kier molecular flexibility index (Phi) is 9.47. The maximum absolute atomic E-state index is 5.07. The molecule has 316 valence electrons. The van der Waals surface area contributed by atoms with Gasteiger partial charge < -0.3 is 0 Å². The largest absolute Gasteiger partial charge is 0.248 e. The minimum Gasteiger partial charge on any atom is -0.248 e. The molecular formula is C64H40N4. The fourth-order valence-electron chi connectivity index (χ4n) is 10.2. The third kappa shape index (κ3) is 6.69. The Balaban J connectivity index is 0.000000134. The van der Waals surface area contributed by atoms with Crippen LogP contribution < -0.4 is 0 Å². The highest BCUT2D eigenvalue weighted by molar-refractivity contribution is 6.22. The van der Waals surface area contributed by atoms with Gasteiger partial charge in [0, 0.05) is 43.8 Å². The average molecular weight is 865 g/mol. The molecule has 0 bridgehead atoms. The number of hydrogen-bond acceptors (Lipinski definition) is 4. The summed E-state index contributed by atoms with van der Waals surface area (Å²) >= 11 is 0. The van der Waals surface area contributed by atoms with Crippen LogP contribution in [0.3, 0.4) is 0 Å². The Morgan fingerprint density at radius 3 is 0.544 bits per heavy atom. The topological polar surface area (TPSA) is 51.6 Å². The highest BCUT2D eigenvalue weighted by atomic mass is 14.7. The lowest BCUT2D eigenvalue weighted by Gasteiger charge is -2.17. The summed E-state index contributed by atoms with van der Waals surface area (Å²) in [7, 11) is 0. The summed E-state index contributed by atoms with van der Waals surface area (Å²) < 4.78 is 0. The molecule has 0 aliphatic heterocycles. The maximum Gasteiger partial charge on any atom is 0.0722 e. The molecule has 4 heterocycles. The molecule has 0 aliphatic carbocycles. The summed E-state index contributed by atoms with van der Waals surface area (Å²) in [6, 6.07) is 84.9. The van der Waals surface area contributed by atoms with E-state index in [9.17, 15) is 0 Å². The number of hydrogen-bond donors (Lipinski definition) is 0. The highest BCUT2D eigenvalue weighted by Crippen LogP contribution is 2.45. The number of benzene rings is 10. The van der Waals surface area contributed by atoms with Crippen molar-refractivity contribution in [1.29, 1.82) is 0 Å². The van der Waals surface area contributed by atoms with Crippen LogP contribution in [0.5, 0.6) is 0 Å². The van der Waals surface area contributed by atoms with Crippen LogP contribution in [0.25, 0.3) is 132 Å². The van der Waals surface area contributed by atoms with Crippen molar-refractivity contribution in [3.05, 3.63) is 243 Å². The minimum absolute atomic E-state index is 0.990. The van der Waals surface area contributed by atoms with Gasteiger partial charge in [0.05, 0.1) is 44.8 Å². The maximum atomic E-state index is 5.07. The second-order valence-corrected chi connectivity index (χ2v) is 17.2. The van der Waals surface area contributed by atoms with Crippen LogP contribution >= 0.6 is 0 Å². The molecule has 68 heavy (non-hydrogen) atoms. The monoisotopic (exact) mass is 864 g/mol. The Hall–Kier alpha value is -9.12. The van der Waals surface area contributed by atoms with Gasteiger partial charge in [-0.2, -0.15) is 0 Å². The van der Waals surface area contributed by atoms with Gasteiger partial charge in [-0.15, -0.1) is 0 Å². The number of rotatable bonds is 4. The van der Waals surface area contributed by atoms with Crippen molar-refractivity contribution >= 4 is 86.7 Å². The molecule has 4 heteroatoms. The van der Waals surface area contributed by atoms with E-state index in [-0.39, 0.29) is 0 Å². The van der Waals surface area contributed by atoms with Crippen molar-refractivity contribution in [2.45, 2.75) is 0 Å². The molecule has 0 aliphatic rings. The zero-order valence-electron chi connectivity index (χ0n) is 36.9. The zero-order valence-corrected chi connectivity index (χ0v) is 36.9. The summed E-state index contributed by atoms with van der Waals surface area (Å²) in [6.45, 7) is 0. The summed E-state index contributed by atoms with van der Waals surface area (Å²) in [5, 5.41) is 14.1. The van der Waals surface area contributed by atoms with Crippen molar-refractivity contribution in [2.24, 2.45) is 0 Å². The highest BCUT2D eigenvalue weighted by Gasteiger charge is 2.20. The molecule has 10 aromatic carbocycles. The van der Waals surface area contributed by atoms with E-state index in [2.05, 4.69) is 218 Å². The van der Waals surface area contributed by atoms with Gasteiger partial charge in [-0.05, 0) is 91.6 Å². The van der Waals surface area contributed by atoms with Gasteiger partial charge in [0.2, 0.25) is 0 Å². The molecule has 0 amide bonds. The fraction of sp³-hybridized carbons (Fsp3) is 0. The van der Waals surface area contributed by atoms with Crippen LogP contribution in [0.1, 0.15) is 0 Å². The first-order chi connectivity index (χ1) is 33.7. The van der Waals surface area contributed by atoms with E-state index >= 15 is 0 Å². The smallest absolute Gasteiger partial charge is 0.0722 e. The Labute approximate surface area is 392 Å². The summed E-state index contributed by atoms with van der Waals surface area (Å²) in [5.41, 5.74) is 12.7. The van der Waals surface area contributed by atoms with Crippen molar-refractivity contribution in [3.63, 3.8) is 0 Å². The lowest BCUT2D eigenvalue weighted by molar-refractivity contribution is 1.41. The van der Waals surface area contributed by atoms with Crippen LogP contribution in [-0.4, -0.2) is 19.9 Å². The lowest BCUT2D eigenvalue weighted by Crippen LogP contribution is -1.94. The van der Waals surface area contributed by atoms with Crippen molar-refractivity contribution in [2.75, 3.05) is 0 Å². The second kappa shape index (κ2) is 16.4. The van der Waals surface area contributed by atoms with E-state index in [4.69, 9.17) is 19.9 Å². The van der Waals surface area contributed by atoms with E-state index < -0.39 is 0 Å². The first kappa shape index (κ1) is 39.3. The number of fused-ring (bicyclic) bond motifs is 8. The third-order valence-electron chi connectivity index (χ3n) is 13.3. The molecule has 0 saturated heterocycles. The van der Waals surface area contributed by atoms with Gasteiger partial charge in [-0.25, -0.2) is 19.9 Å². The van der Waals surface area contributed by atoms with Crippen molar-refractivity contribution < 1.29 is 0 Å². The standard InChI is InChI=1S/2C32H20N2/c2*1-7-15-27-21(9-1)17-19-29(33-27)31-23-11-3-5-13-25(23)32(26-14-6-4-12-24(26)31)30-20-18-22-10-2-8-16-28(22)34-30/h2*1-20H. The lowest BCUT2D eigenvalue weighted by atomic mass is 9.88. The van der Waals surface area contributed by atoms with Crippen LogP contribution in [0.2, 0.25) is 0 Å². The SMILES string of the molecule is c1ccc2nc(-c3c4ccccc4c(-c4ccc5ccccc5n4)c4ccccc34)ccc2c1.c1ccc2nc(-c3c4ccccc4c(-c4ccc5ccccc5n4)c4ccccc34)ccc2c1. The molecular weight excluding hydrogens is 825 g/mol. The first-order valence-electron chi connectivity index (χ1n) is 23.1. The molecule has 0 unspecified atom stereocenters. The van der Waals surface area contributed by atoms with Gasteiger partial charge in [-0.1, -0.05) is 194 Å². The van der Waals surface area contributed by atoms with E-state index in [0.717, 1.165) is 66.4 Å². The molecule has 0 fully saturated rings. The molecule has 0 spiro atoms. The molecule has 0 atom stereocenters. The van der Waals surface area contributed by atoms with Crippen LogP contribution in [0, 0.1) is 0 Å². The van der Waals surface area contributed by atoms with Gasteiger partial charge in [-0.3, -0.25) is 0 Å². The molecule has 0 radical (unpaired) electrons. The zero-order chi connectivity index (χ0) is 45.0. The van der Waals surface area contributed by atoms with Gasteiger partial charge >= 0.3 is 0 Å². The van der Waals surface area contributed by atoms with E-state index in [1.54, 1.807) is 0 Å². The molecule has 4 nitrogen and oxygen atoms in total. The van der Waals surface area contributed by atoms with Gasteiger partial charge in [0.1, 0.15) is 0 Å². The van der Waals surface area contributed by atoms with E-state index in [0.29, 0.717) is 0 Å². The summed E-state index contributed by atoms with van der Waals surface area (Å²) in [5.74, 6) is 0. The number of para-hydroxylation sites is 4. The van der Waals surface area contributed by atoms with Gasteiger partial charge in [0.25, 0.3) is 0 Å². The Bertz CT molecular complexity index is 3620. The minimum atomic E-state index is 0.990. The predicted octanol–water partition coefficient (Wildman–Crippen LogP) is 16.8. The Morgan fingerprint density at radius 1 is 0.162 bits per heavy atom. The fourth-order valence-corrected chi connectivity index (χ4v) is 10.2.